The molecule has 2 aromatic heterocycles. The Morgan fingerprint density at radius 3 is 2.91 bits per heavy atom. The van der Waals surface area contributed by atoms with Crippen LogP contribution in [0.4, 0.5) is 0 Å². The summed E-state index contributed by atoms with van der Waals surface area (Å²) in [6.07, 6.45) is 9.28. The first-order valence-corrected chi connectivity index (χ1v) is 8.23. The molecule has 0 saturated heterocycles. The molecule has 3 heterocycles. The number of hydrogen-bond acceptors (Lipinski definition) is 4. The zero-order chi connectivity index (χ0) is 14.9. The highest BCUT2D eigenvalue weighted by molar-refractivity contribution is 5.12. The van der Waals surface area contributed by atoms with Crippen LogP contribution in [0.25, 0.3) is 0 Å². The molecule has 22 heavy (non-hydrogen) atoms. The van der Waals surface area contributed by atoms with Gasteiger partial charge in [0.05, 0.1) is 36.6 Å². The van der Waals surface area contributed by atoms with Gasteiger partial charge in [-0.2, -0.15) is 5.10 Å². The lowest BCUT2D eigenvalue weighted by molar-refractivity contribution is 0.198. The van der Waals surface area contributed by atoms with Crippen molar-refractivity contribution >= 4 is 0 Å². The highest BCUT2D eigenvalue weighted by Gasteiger charge is 2.22. The molecule has 6 heteroatoms. The van der Waals surface area contributed by atoms with E-state index >= 15 is 0 Å². The average molecular weight is 301 g/mol. The van der Waals surface area contributed by atoms with E-state index in [0.717, 1.165) is 31.9 Å². The third-order valence-corrected chi connectivity index (χ3v) is 4.94. The monoisotopic (exact) mass is 301 g/mol. The van der Waals surface area contributed by atoms with E-state index in [0.29, 0.717) is 6.04 Å². The summed E-state index contributed by atoms with van der Waals surface area (Å²) in [5, 5.41) is 13.6. The van der Waals surface area contributed by atoms with E-state index in [9.17, 15) is 5.11 Å². The second kappa shape index (κ2) is 5.85. The molecule has 118 valence electrons. The fourth-order valence-electron chi connectivity index (χ4n) is 3.79. The van der Waals surface area contributed by atoms with Gasteiger partial charge in [0.25, 0.3) is 0 Å². The van der Waals surface area contributed by atoms with Gasteiger partial charge in [-0.3, -0.25) is 9.58 Å². The van der Waals surface area contributed by atoms with E-state index in [1.54, 1.807) is 0 Å². The average Bonchev–Trinajstić information content (AvgIpc) is 3.26. The van der Waals surface area contributed by atoms with Gasteiger partial charge in [0.1, 0.15) is 0 Å². The molecule has 1 N–H and O–H groups in total. The van der Waals surface area contributed by atoms with Gasteiger partial charge in [0, 0.05) is 31.9 Å². The highest BCUT2D eigenvalue weighted by atomic mass is 16.3. The van der Waals surface area contributed by atoms with Crippen molar-refractivity contribution in [3.05, 3.63) is 35.7 Å². The van der Waals surface area contributed by atoms with Crippen LogP contribution < -0.4 is 0 Å². The smallest absolute Gasteiger partial charge is 0.0951 e. The van der Waals surface area contributed by atoms with Crippen molar-refractivity contribution in [3.8, 4) is 0 Å². The van der Waals surface area contributed by atoms with Crippen LogP contribution in [0, 0.1) is 0 Å². The lowest BCUT2D eigenvalue weighted by Crippen LogP contribution is -2.34. The molecule has 1 aliphatic carbocycles. The maximum absolute atomic E-state index is 9.22. The van der Waals surface area contributed by atoms with Crippen molar-refractivity contribution in [1.82, 2.24) is 24.2 Å². The van der Waals surface area contributed by atoms with Crippen molar-refractivity contribution in [3.63, 3.8) is 0 Å². The Bertz CT molecular complexity index is 641. The Labute approximate surface area is 130 Å². The van der Waals surface area contributed by atoms with Crippen LogP contribution in [0.1, 0.15) is 48.8 Å². The summed E-state index contributed by atoms with van der Waals surface area (Å²) >= 11 is 0. The Morgan fingerprint density at radius 1 is 1.23 bits per heavy atom. The summed E-state index contributed by atoms with van der Waals surface area (Å²) in [5.41, 5.74) is 3.29. The van der Waals surface area contributed by atoms with Gasteiger partial charge >= 0.3 is 0 Å². The minimum Gasteiger partial charge on any atom is -0.390 e. The fourth-order valence-corrected chi connectivity index (χ4v) is 3.79. The van der Waals surface area contributed by atoms with Crippen molar-refractivity contribution in [2.45, 2.75) is 58.0 Å². The van der Waals surface area contributed by atoms with Crippen LogP contribution in [-0.2, 0) is 26.2 Å². The van der Waals surface area contributed by atoms with Crippen LogP contribution in [0.3, 0.4) is 0 Å². The molecule has 2 aromatic rings. The Hall–Kier alpha value is -1.66. The van der Waals surface area contributed by atoms with Gasteiger partial charge < -0.3 is 9.67 Å². The summed E-state index contributed by atoms with van der Waals surface area (Å²) in [7, 11) is 0. The van der Waals surface area contributed by atoms with E-state index in [1.165, 1.54) is 37.1 Å². The first kappa shape index (κ1) is 14.0. The SMILES string of the molecule is OCc1cc2n(n1)CCN(Cc1cncn1C1CCCC1)C2. The Morgan fingerprint density at radius 2 is 2.09 bits per heavy atom. The van der Waals surface area contributed by atoms with Crippen LogP contribution in [0.2, 0.25) is 0 Å². The van der Waals surface area contributed by atoms with E-state index in [1.807, 2.05) is 23.3 Å². The zero-order valence-electron chi connectivity index (χ0n) is 12.9. The lowest BCUT2D eigenvalue weighted by Gasteiger charge is -2.28. The number of imidazole rings is 1. The van der Waals surface area contributed by atoms with Crippen molar-refractivity contribution in [2.24, 2.45) is 0 Å². The molecule has 0 aromatic carbocycles. The van der Waals surface area contributed by atoms with Crippen molar-refractivity contribution in [2.75, 3.05) is 6.54 Å². The zero-order valence-corrected chi connectivity index (χ0v) is 12.9. The molecule has 2 aliphatic rings. The molecule has 1 fully saturated rings. The van der Waals surface area contributed by atoms with Gasteiger partial charge in [-0.25, -0.2) is 4.98 Å². The maximum atomic E-state index is 9.22. The van der Waals surface area contributed by atoms with E-state index in [-0.39, 0.29) is 6.61 Å². The van der Waals surface area contributed by atoms with Crippen LogP contribution in [0.5, 0.6) is 0 Å². The molecular formula is C16H23N5O. The minimum absolute atomic E-state index is 0.0223. The van der Waals surface area contributed by atoms with Crippen LogP contribution in [-0.4, -0.2) is 35.9 Å². The van der Waals surface area contributed by atoms with Gasteiger partial charge in [-0.15, -0.1) is 0 Å². The van der Waals surface area contributed by atoms with E-state index < -0.39 is 0 Å². The lowest BCUT2D eigenvalue weighted by atomic mass is 10.2. The number of rotatable bonds is 4. The first-order chi connectivity index (χ1) is 10.8. The molecule has 0 amide bonds. The molecule has 0 atom stereocenters. The summed E-state index contributed by atoms with van der Waals surface area (Å²) in [6.45, 7) is 3.75. The Balaban J connectivity index is 1.47. The molecule has 0 bridgehead atoms. The van der Waals surface area contributed by atoms with Crippen LogP contribution >= 0.6 is 0 Å². The third-order valence-electron chi connectivity index (χ3n) is 4.94. The fraction of sp³-hybridized carbons (Fsp3) is 0.625. The third kappa shape index (κ3) is 2.57. The minimum atomic E-state index is 0.0223. The number of aliphatic hydroxyl groups is 1. The number of aromatic nitrogens is 4. The normalized spacial score (nSPS) is 19.7. The van der Waals surface area contributed by atoms with E-state index in [4.69, 9.17) is 0 Å². The van der Waals surface area contributed by atoms with Gasteiger partial charge in [-0.05, 0) is 18.9 Å². The summed E-state index contributed by atoms with van der Waals surface area (Å²) < 4.78 is 4.41. The molecule has 4 rings (SSSR count). The number of nitrogens with zero attached hydrogens (tertiary/aromatic N) is 5. The molecule has 0 radical (unpaired) electrons. The quantitative estimate of drug-likeness (QED) is 0.934. The predicted octanol–water partition coefficient (Wildman–Crippen LogP) is 1.70. The Kier molecular flexibility index (Phi) is 3.72. The second-order valence-electron chi connectivity index (χ2n) is 6.45. The summed E-state index contributed by atoms with van der Waals surface area (Å²) in [6, 6.07) is 2.66. The number of aliphatic hydroxyl groups excluding tert-OH is 1. The molecule has 0 unspecified atom stereocenters. The molecule has 0 spiro atoms. The molecule has 6 nitrogen and oxygen atoms in total. The van der Waals surface area contributed by atoms with Crippen molar-refractivity contribution < 1.29 is 5.11 Å². The van der Waals surface area contributed by atoms with Crippen LogP contribution in [0.15, 0.2) is 18.6 Å². The van der Waals surface area contributed by atoms with Crippen molar-refractivity contribution in [1.29, 1.82) is 0 Å². The number of hydrogen-bond donors (Lipinski definition) is 1. The highest BCUT2D eigenvalue weighted by Crippen LogP contribution is 2.30. The summed E-state index contributed by atoms with van der Waals surface area (Å²) in [5.74, 6) is 0. The number of fused-ring (bicyclic) bond motifs is 1. The summed E-state index contributed by atoms with van der Waals surface area (Å²) in [4.78, 5) is 6.82. The molecule has 1 aliphatic heterocycles. The topological polar surface area (TPSA) is 59.1 Å². The van der Waals surface area contributed by atoms with Gasteiger partial charge in [0.2, 0.25) is 0 Å². The second-order valence-corrected chi connectivity index (χ2v) is 6.45. The largest absolute Gasteiger partial charge is 0.390 e. The molecular weight excluding hydrogens is 278 g/mol. The predicted molar refractivity (Wildman–Crippen MR) is 82.0 cm³/mol. The molecule has 1 saturated carbocycles. The van der Waals surface area contributed by atoms with Gasteiger partial charge in [-0.1, -0.05) is 12.8 Å². The first-order valence-electron chi connectivity index (χ1n) is 8.23. The van der Waals surface area contributed by atoms with Gasteiger partial charge in [0.15, 0.2) is 0 Å². The van der Waals surface area contributed by atoms with E-state index in [2.05, 4.69) is 19.5 Å². The maximum Gasteiger partial charge on any atom is 0.0951 e. The standard InChI is InChI=1S/C16H23N5O/c22-11-13-7-15-9-19(5-6-21(15)18-13)10-16-8-17-12-20(16)14-3-1-2-4-14/h7-8,12,14,22H,1-6,9-11H2.